The van der Waals surface area contributed by atoms with Gasteiger partial charge < -0.3 is 14.9 Å². The van der Waals surface area contributed by atoms with Crippen molar-refractivity contribution in [3.05, 3.63) is 12.2 Å². The molecule has 6 nitrogen and oxygen atoms in total. The molecule has 0 aromatic heterocycles. The summed E-state index contributed by atoms with van der Waals surface area (Å²) < 4.78 is 5.74. The predicted molar refractivity (Wildman–Crippen MR) is 107 cm³/mol. The molecule has 0 amide bonds. The van der Waals surface area contributed by atoms with E-state index in [1.54, 1.807) is 0 Å². The SMILES string of the molecule is CCCCCCCC/C=C\CC(O)CC(=O)O[C@@H](CCC(=O)O)[N+](C)(C)C. The van der Waals surface area contributed by atoms with E-state index >= 15 is 0 Å². The van der Waals surface area contributed by atoms with Crippen molar-refractivity contribution in [2.45, 2.75) is 89.9 Å². The molecule has 0 aliphatic carbocycles. The molecule has 0 aromatic carbocycles. The number of esters is 1. The summed E-state index contributed by atoms with van der Waals surface area (Å²) in [4.78, 5) is 22.8. The fourth-order valence-corrected chi connectivity index (χ4v) is 2.74. The summed E-state index contributed by atoms with van der Waals surface area (Å²) in [6.45, 7) is 2.21. The number of unbranched alkanes of at least 4 members (excludes halogenated alkanes) is 6. The van der Waals surface area contributed by atoms with Gasteiger partial charge in [0.15, 0.2) is 0 Å². The lowest BCUT2D eigenvalue weighted by molar-refractivity contribution is -0.917. The summed E-state index contributed by atoms with van der Waals surface area (Å²) in [5, 5.41) is 18.8. The van der Waals surface area contributed by atoms with Gasteiger partial charge >= 0.3 is 11.9 Å². The number of carbonyl (C=O) groups excluding carboxylic acids is 1. The Labute approximate surface area is 164 Å². The van der Waals surface area contributed by atoms with Crippen LogP contribution in [-0.4, -0.2) is 60.1 Å². The number of carboxylic acid groups (broad SMARTS) is 1. The molecule has 158 valence electrons. The van der Waals surface area contributed by atoms with E-state index in [0.717, 1.165) is 12.8 Å². The molecule has 0 fully saturated rings. The topological polar surface area (TPSA) is 83.8 Å². The number of quaternary nitrogens is 1. The number of aliphatic carboxylic acids is 1. The van der Waals surface area contributed by atoms with Gasteiger partial charge in [-0.05, 0) is 19.3 Å². The Kier molecular flexibility index (Phi) is 13.9. The van der Waals surface area contributed by atoms with Crippen LogP contribution in [0.25, 0.3) is 0 Å². The van der Waals surface area contributed by atoms with Gasteiger partial charge in [-0.15, -0.1) is 0 Å². The quantitative estimate of drug-likeness (QED) is 0.138. The van der Waals surface area contributed by atoms with Gasteiger partial charge in [-0.25, -0.2) is 0 Å². The minimum Gasteiger partial charge on any atom is -0.481 e. The van der Waals surface area contributed by atoms with Gasteiger partial charge in [-0.2, -0.15) is 0 Å². The summed E-state index contributed by atoms with van der Waals surface area (Å²) in [6, 6.07) is 0. The molecule has 0 radical (unpaired) electrons. The number of aliphatic hydroxyl groups is 1. The molecule has 0 aliphatic rings. The van der Waals surface area contributed by atoms with Crippen LogP contribution >= 0.6 is 0 Å². The zero-order valence-electron chi connectivity index (χ0n) is 17.7. The number of ether oxygens (including phenoxy) is 1. The van der Waals surface area contributed by atoms with E-state index in [0.29, 0.717) is 10.9 Å². The van der Waals surface area contributed by atoms with Gasteiger partial charge in [0.2, 0.25) is 6.23 Å². The lowest BCUT2D eigenvalue weighted by Crippen LogP contribution is -2.48. The summed E-state index contributed by atoms with van der Waals surface area (Å²) in [5.74, 6) is -1.41. The molecule has 0 spiro atoms. The molecule has 6 heteroatoms. The largest absolute Gasteiger partial charge is 0.481 e. The van der Waals surface area contributed by atoms with Crippen molar-refractivity contribution in [1.82, 2.24) is 0 Å². The smallest absolute Gasteiger partial charge is 0.312 e. The first-order valence-corrected chi connectivity index (χ1v) is 10.2. The Morgan fingerprint density at radius 3 is 2.26 bits per heavy atom. The van der Waals surface area contributed by atoms with Crippen molar-refractivity contribution in [3.63, 3.8) is 0 Å². The molecular weight excluding hydrogens is 346 g/mol. The first-order chi connectivity index (χ1) is 12.7. The molecule has 0 aromatic rings. The molecule has 0 heterocycles. The first kappa shape index (κ1) is 25.6. The van der Waals surface area contributed by atoms with Gasteiger partial charge in [-0.1, -0.05) is 51.2 Å². The molecule has 0 saturated heterocycles. The number of hydrogen-bond donors (Lipinski definition) is 2. The number of rotatable bonds is 16. The van der Waals surface area contributed by atoms with Crippen LogP contribution in [0.15, 0.2) is 12.2 Å². The minimum atomic E-state index is -0.917. The van der Waals surface area contributed by atoms with Crippen LogP contribution in [0.4, 0.5) is 0 Å². The lowest BCUT2D eigenvalue weighted by atomic mass is 10.1. The highest BCUT2D eigenvalue weighted by Crippen LogP contribution is 2.14. The van der Waals surface area contributed by atoms with Gasteiger partial charge in [-0.3, -0.25) is 14.1 Å². The zero-order chi connectivity index (χ0) is 20.7. The molecule has 0 aliphatic heterocycles. The Morgan fingerprint density at radius 1 is 1.04 bits per heavy atom. The number of allylic oxidation sites excluding steroid dienone is 1. The van der Waals surface area contributed by atoms with E-state index in [-0.39, 0.29) is 19.3 Å². The average molecular weight is 387 g/mol. The Balaban J connectivity index is 4.07. The Morgan fingerprint density at radius 2 is 1.67 bits per heavy atom. The lowest BCUT2D eigenvalue weighted by Gasteiger charge is -2.33. The average Bonchev–Trinajstić information content (AvgIpc) is 2.55. The third-order valence-corrected chi connectivity index (χ3v) is 4.44. The number of hydrogen-bond acceptors (Lipinski definition) is 4. The fourth-order valence-electron chi connectivity index (χ4n) is 2.74. The summed E-state index contributed by atoms with van der Waals surface area (Å²) in [6.07, 6.45) is 11.8. The molecule has 0 rings (SSSR count). The molecule has 0 bridgehead atoms. The second-order valence-corrected chi connectivity index (χ2v) is 8.11. The van der Waals surface area contributed by atoms with Gasteiger partial charge in [0.25, 0.3) is 0 Å². The minimum absolute atomic E-state index is 0.0583. The van der Waals surface area contributed by atoms with E-state index in [9.17, 15) is 14.7 Å². The number of nitrogens with zero attached hydrogens (tertiary/aromatic N) is 1. The maximum Gasteiger partial charge on any atom is 0.312 e. The first-order valence-electron chi connectivity index (χ1n) is 10.2. The van der Waals surface area contributed by atoms with Crippen LogP contribution in [0.2, 0.25) is 0 Å². The fraction of sp³-hybridized carbons (Fsp3) is 0.810. The normalized spacial score (nSPS) is 14.3. The monoisotopic (exact) mass is 386 g/mol. The summed E-state index contributed by atoms with van der Waals surface area (Å²) >= 11 is 0. The van der Waals surface area contributed by atoms with E-state index in [4.69, 9.17) is 9.84 Å². The summed E-state index contributed by atoms with van der Waals surface area (Å²) in [7, 11) is 5.55. The highest BCUT2D eigenvalue weighted by molar-refractivity contribution is 5.70. The van der Waals surface area contributed by atoms with Crippen LogP contribution in [0.5, 0.6) is 0 Å². The molecule has 1 unspecified atom stereocenters. The van der Waals surface area contributed by atoms with Crippen LogP contribution in [0, 0.1) is 0 Å². The van der Waals surface area contributed by atoms with Crippen molar-refractivity contribution >= 4 is 11.9 Å². The van der Waals surface area contributed by atoms with E-state index in [1.807, 2.05) is 27.2 Å². The van der Waals surface area contributed by atoms with Gasteiger partial charge in [0, 0.05) is 6.42 Å². The molecule has 0 saturated carbocycles. The highest BCUT2D eigenvalue weighted by Gasteiger charge is 2.28. The van der Waals surface area contributed by atoms with Crippen molar-refractivity contribution in [3.8, 4) is 0 Å². The van der Waals surface area contributed by atoms with Crippen molar-refractivity contribution in [1.29, 1.82) is 0 Å². The predicted octanol–water partition coefficient (Wildman–Crippen LogP) is 3.87. The van der Waals surface area contributed by atoms with Crippen molar-refractivity contribution in [2.24, 2.45) is 0 Å². The van der Waals surface area contributed by atoms with Crippen LogP contribution in [0.1, 0.15) is 77.6 Å². The molecule has 27 heavy (non-hydrogen) atoms. The second kappa shape index (κ2) is 14.6. The maximum absolute atomic E-state index is 12.1. The number of carboxylic acids is 1. The summed E-state index contributed by atoms with van der Waals surface area (Å²) in [5.41, 5.74) is 0. The molecule has 2 atom stereocenters. The second-order valence-electron chi connectivity index (χ2n) is 8.11. The highest BCUT2D eigenvalue weighted by atomic mass is 16.6. The van der Waals surface area contributed by atoms with Gasteiger partial charge in [0.05, 0.1) is 40.1 Å². The number of carbonyl (C=O) groups is 2. The zero-order valence-corrected chi connectivity index (χ0v) is 17.7. The Hall–Kier alpha value is -1.40. The standard InChI is InChI=1S/C21H39NO5/c1-5-6-7-8-9-10-11-12-13-14-18(23)17-21(26)27-19(22(2,3)4)15-16-20(24)25/h12-13,18-19,23H,5-11,14-17H2,1-4H3/p+1/b13-12-/t18?,19-/m0/s1. The molecular formula is C21H40NO5+. The van der Waals surface area contributed by atoms with Crippen molar-refractivity contribution < 1.29 is 29.0 Å². The van der Waals surface area contributed by atoms with E-state index in [1.165, 1.54) is 32.1 Å². The van der Waals surface area contributed by atoms with Crippen molar-refractivity contribution in [2.75, 3.05) is 21.1 Å². The molecule has 2 N–H and O–H groups in total. The maximum atomic E-state index is 12.1. The van der Waals surface area contributed by atoms with Gasteiger partial charge in [0.1, 0.15) is 0 Å². The number of aliphatic hydroxyl groups excluding tert-OH is 1. The van der Waals surface area contributed by atoms with Crippen LogP contribution in [0.3, 0.4) is 0 Å². The van der Waals surface area contributed by atoms with Crippen LogP contribution < -0.4 is 0 Å². The van der Waals surface area contributed by atoms with E-state index < -0.39 is 24.3 Å². The third-order valence-electron chi connectivity index (χ3n) is 4.44. The van der Waals surface area contributed by atoms with Crippen LogP contribution in [-0.2, 0) is 14.3 Å². The Bertz CT molecular complexity index is 442. The third kappa shape index (κ3) is 15.4. The van der Waals surface area contributed by atoms with E-state index in [2.05, 4.69) is 13.0 Å².